The SMILES string of the molecule is CCC(CNc1ncnc2c(C)csc12)CC(=O)O. The zero-order chi connectivity index (χ0) is 13.8. The highest BCUT2D eigenvalue weighted by Crippen LogP contribution is 2.28. The fourth-order valence-electron chi connectivity index (χ4n) is 1.94. The highest BCUT2D eigenvalue weighted by Gasteiger charge is 2.13. The van der Waals surface area contributed by atoms with Gasteiger partial charge in [-0.1, -0.05) is 13.3 Å². The van der Waals surface area contributed by atoms with Gasteiger partial charge in [0.2, 0.25) is 0 Å². The molecule has 19 heavy (non-hydrogen) atoms. The highest BCUT2D eigenvalue weighted by atomic mass is 32.1. The molecule has 0 aliphatic carbocycles. The van der Waals surface area contributed by atoms with E-state index in [1.807, 2.05) is 13.8 Å². The third-order valence-corrected chi connectivity index (χ3v) is 4.22. The van der Waals surface area contributed by atoms with Crippen LogP contribution in [-0.4, -0.2) is 27.6 Å². The lowest BCUT2D eigenvalue weighted by atomic mass is 10.0. The van der Waals surface area contributed by atoms with Crippen molar-refractivity contribution in [3.8, 4) is 0 Å². The summed E-state index contributed by atoms with van der Waals surface area (Å²) in [4.78, 5) is 19.3. The number of nitrogens with one attached hydrogen (secondary N) is 1. The maximum atomic E-state index is 10.7. The molecule has 6 heteroatoms. The molecule has 0 aliphatic rings. The normalized spacial score (nSPS) is 12.5. The minimum atomic E-state index is -0.756. The van der Waals surface area contributed by atoms with Gasteiger partial charge < -0.3 is 10.4 Å². The van der Waals surface area contributed by atoms with Crippen molar-refractivity contribution in [2.45, 2.75) is 26.7 Å². The number of fused-ring (bicyclic) bond motifs is 1. The summed E-state index contributed by atoms with van der Waals surface area (Å²) in [5.41, 5.74) is 2.11. The van der Waals surface area contributed by atoms with E-state index in [9.17, 15) is 4.79 Å². The Labute approximate surface area is 115 Å². The number of aliphatic carboxylic acids is 1. The first-order valence-electron chi connectivity index (χ1n) is 6.26. The van der Waals surface area contributed by atoms with Crippen LogP contribution in [0.4, 0.5) is 5.82 Å². The number of hydrogen-bond donors (Lipinski definition) is 2. The molecule has 0 spiro atoms. The Balaban J connectivity index is 2.11. The van der Waals surface area contributed by atoms with Gasteiger partial charge in [-0.05, 0) is 23.8 Å². The summed E-state index contributed by atoms with van der Waals surface area (Å²) in [6, 6.07) is 0. The number of carboxylic acids is 1. The molecule has 0 saturated heterocycles. The predicted molar refractivity (Wildman–Crippen MR) is 76.7 cm³/mol. The van der Waals surface area contributed by atoms with Crippen molar-refractivity contribution < 1.29 is 9.90 Å². The van der Waals surface area contributed by atoms with Crippen molar-refractivity contribution in [1.29, 1.82) is 0 Å². The van der Waals surface area contributed by atoms with Crippen LogP contribution >= 0.6 is 11.3 Å². The van der Waals surface area contributed by atoms with Crippen LogP contribution in [0.15, 0.2) is 11.7 Å². The Morgan fingerprint density at radius 1 is 1.53 bits per heavy atom. The molecule has 0 bridgehead atoms. The van der Waals surface area contributed by atoms with Gasteiger partial charge in [0, 0.05) is 13.0 Å². The fourth-order valence-corrected chi connectivity index (χ4v) is 2.91. The van der Waals surface area contributed by atoms with Gasteiger partial charge in [-0.15, -0.1) is 11.3 Å². The zero-order valence-corrected chi connectivity index (χ0v) is 11.8. The van der Waals surface area contributed by atoms with Crippen molar-refractivity contribution in [1.82, 2.24) is 9.97 Å². The van der Waals surface area contributed by atoms with Crippen LogP contribution < -0.4 is 5.32 Å². The van der Waals surface area contributed by atoms with E-state index in [-0.39, 0.29) is 12.3 Å². The van der Waals surface area contributed by atoms with E-state index in [1.165, 1.54) is 0 Å². The Morgan fingerprint density at radius 2 is 2.32 bits per heavy atom. The van der Waals surface area contributed by atoms with Crippen LogP contribution in [0.3, 0.4) is 0 Å². The maximum Gasteiger partial charge on any atom is 0.303 e. The fraction of sp³-hybridized carbons (Fsp3) is 0.462. The van der Waals surface area contributed by atoms with Gasteiger partial charge in [0.15, 0.2) is 0 Å². The monoisotopic (exact) mass is 279 g/mol. The lowest BCUT2D eigenvalue weighted by molar-refractivity contribution is -0.138. The van der Waals surface area contributed by atoms with Gasteiger partial charge in [-0.2, -0.15) is 0 Å². The third kappa shape index (κ3) is 3.20. The number of aryl methyl sites for hydroxylation is 1. The van der Waals surface area contributed by atoms with Crippen molar-refractivity contribution in [2.24, 2.45) is 5.92 Å². The molecular weight excluding hydrogens is 262 g/mol. The third-order valence-electron chi connectivity index (χ3n) is 3.13. The number of rotatable bonds is 6. The predicted octanol–water partition coefficient (Wildman–Crippen LogP) is 2.91. The van der Waals surface area contributed by atoms with Crippen molar-refractivity contribution in [3.05, 3.63) is 17.3 Å². The van der Waals surface area contributed by atoms with E-state index in [0.29, 0.717) is 6.54 Å². The average molecular weight is 279 g/mol. The Bertz CT molecular complexity index is 582. The van der Waals surface area contributed by atoms with Gasteiger partial charge in [0.25, 0.3) is 0 Å². The second kappa shape index (κ2) is 5.97. The highest BCUT2D eigenvalue weighted by molar-refractivity contribution is 7.18. The van der Waals surface area contributed by atoms with Crippen molar-refractivity contribution in [2.75, 3.05) is 11.9 Å². The smallest absolute Gasteiger partial charge is 0.303 e. The standard InChI is InChI=1S/C13H17N3O2S/c1-3-9(4-10(17)18)5-14-13-12-11(15-7-16-13)8(2)6-19-12/h6-7,9H,3-5H2,1-2H3,(H,17,18)(H,14,15,16). The molecule has 0 saturated carbocycles. The number of carbonyl (C=O) groups is 1. The van der Waals surface area contributed by atoms with E-state index < -0.39 is 5.97 Å². The van der Waals surface area contributed by atoms with Gasteiger partial charge in [0.1, 0.15) is 12.1 Å². The minimum absolute atomic E-state index is 0.114. The first-order chi connectivity index (χ1) is 9.11. The summed E-state index contributed by atoms with van der Waals surface area (Å²) < 4.78 is 1.03. The molecule has 0 radical (unpaired) electrons. The molecule has 1 atom stereocenters. The van der Waals surface area contributed by atoms with E-state index in [2.05, 4.69) is 20.7 Å². The summed E-state index contributed by atoms with van der Waals surface area (Å²) >= 11 is 1.61. The molecule has 2 aromatic rings. The molecular formula is C13H17N3O2S. The molecule has 0 amide bonds. The van der Waals surface area contributed by atoms with Gasteiger partial charge in [0.05, 0.1) is 10.2 Å². The van der Waals surface area contributed by atoms with Gasteiger partial charge in [-0.25, -0.2) is 9.97 Å². The molecule has 2 N–H and O–H groups in total. The lowest BCUT2D eigenvalue weighted by Gasteiger charge is -2.14. The number of aromatic nitrogens is 2. The number of nitrogens with zero attached hydrogens (tertiary/aromatic N) is 2. The molecule has 5 nitrogen and oxygen atoms in total. The molecule has 2 aromatic heterocycles. The van der Waals surface area contributed by atoms with Gasteiger partial charge in [-0.3, -0.25) is 4.79 Å². The Morgan fingerprint density at radius 3 is 3.00 bits per heavy atom. The van der Waals surface area contributed by atoms with Crippen LogP contribution in [0.25, 0.3) is 10.2 Å². The second-order valence-corrected chi connectivity index (χ2v) is 5.45. The first-order valence-corrected chi connectivity index (χ1v) is 7.14. The minimum Gasteiger partial charge on any atom is -0.481 e. The summed E-state index contributed by atoms with van der Waals surface area (Å²) in [5.74, 6) is 0.156. The maximum absolute atomic E-state index is 10.7. The van der Waals surface area contributed by atoms with Crippen molar-refractivity contribution in [3.63, 3.8) is 0 Å². The second-order valence-electron chi connectivity index (χ2n) is 4.57. The quantitative estimate of drug-likeness (QED) is 0.850. The molecule has 0 fully saturated rings. The molecule has 1 unspecified atom stereocenters. The summed E-state index contributed by atoms with van der Waals surface area (Å²) in [6.07, 6.45) is 2.56. The molecule has 102 valence electrons. The molecule has 2 heterocycles. The van der Waals surface area contributed by atoms with Crippen LogP contribution in [0.1, 0.15) is 25.3 Å². The van der Waals surface area contributed by atoms with E-state index in [0.717, 1.165) is 28.0 Å². The van der Waals surface area contributed by atoms with Crippen molar-refractivity contribution >= 4 is 33.3 Å². The number of anilines is 1. The van der Waals surface area contributed by atoms with Gasteiger partial charge >= 0.3 is 5.97 Å². The van der Waals surface area contributed by atoms with E-state index in [1.54, 1.807) is 17.7 Å². The topological polar surface area (TPSA) is 75.1 Å². The number of carboxylic acid groups (broad SMARTS) is 1. The number of hydrogen-bond acceptors (Lipinski definition) is 5. The zero-order valence-electron chi connectivity index (χ0n) is 11.0. The Hall–Kier alpha value is -1.69. The largest absolute Gasteiger partial charge is 0.481 e. The molecule has 2 rings (SSSR count). The van der Waals surface area contributed by atoms with Crippen LogP contribution in [0, 0.1) is 12.8 Å². The summed E-state index contributed by atoms with van der Waals surface area (Å²) in [7, 11) is 0. The molecule has 0 aromatic carbocycles. The number of thiophene rings is 1. The summed E-state index contributed by atoms with van der Waals surface area (Å²) in [6.45, 7) is 4.64. The first kappa shape index (κ1) is 13.7. The summed E-state index contributed by atoms with van der Waals surface area (Å²) in [5, 5.41) is 14.1. The van der Waals surface area contributed by atoms with Crippen LogP contribution in [0.2, 0.25) is 0 Å². The Kier molecular flexibility index (Phi) is 4.31. The van der Waals surface area contributed by atoms with E-state index in [4.69, 9.17) is 5.11 Å². The average Bonchev–Trinajstić information content (AvgIpc) is 2.77. The van der Waals surface area contributed by atoms with Crippen LogP contribution in [-0.2, 0) is 4.79 Å². The lowest BCUT2D eigenvalue weighted by Crippen LogP contribution is -2.17. The molecule has 0 aliphatic heterocycles. The van der Waals surface area contributed by atoms with Crippen LogP contribution in [0.5, 0.6) is 0 Å². The van der Waals surface area contributed by atoms with E-state index >= 15 is 0 Å².